The minimum absolute atomic E-state index is 0.0441. The molecular weight excluding hydrogens is 562 g/mol. The second kappa shape index (κ2) is 11.0. The molecule has 0 radical (unpaired) electrons. The first kappa shape index (κ1) is 31.0. The summed E-state index contributed by atoms with van der Waals surface area (Å²) in [6, 6.07) is 3.93. The van der Waals surface area contributed by atoms with Gasteiger partial charge in [-0.3, -0.25) is 14.4 Å². The fourth-order valence-electron chi connectivity index (χ4n) is 6.41. The smallest absolute Gasteiger partial charge is 0.202 e. The molecule has 1 fully saturated rings. The van der Waals surface area contributed by atoms with Gasteiger partial charge in [0.25, 0.3) is 0 Å². The van der Waals surface area contributed by atoms with E-state index in [0.29, 0.717) is 0 Å². The van der Waals surface area contributed by atoms with Crippen molar-refractivity contribution in [1.82, 2.24) is 5.32 Å². The molecule has 43 heavy (non-hydrogen) atoms. The molecule has 0 amide bonds. The van der Waals surface area contributed by atoms with Crippen LogP contribution in [0.2, 0.25) is 0 Å². The minimum atomic E-state index is -2.24. The third-order valence-electron chi connectivity index (χ3n) is 8.38. The van der Waals surface area contributed by atoms with Gasteiger partial charge in [-0.25, -0.2) is 0 Å². The molecule has 6 N–H and O–H groups in total. The van der Waals surface area contributed by atoms with Crippen molar-refractivity contribution in [2.45, 2.75) is 88.7 Å². The molecule has 3 aliphatic rings. The number of hydrogen-bond donors (Lipinski definition) is 6. The summed E-state index contributed by atoms with van der Waals surface area (Å²) in [7, 11) is 1.33. The lowest BCUT2D eigenvalue weighted by Gasteiger charge is -2.44. The third kappa shape index (κ3) is 5.22. The Morgan fingerprint density at radius 2 is 1.79 bits per heavy atom. The zero-order valence-electron chi connectivity index (χ0n) is 24.6. The molecular formula is C31H37NO11. The number of ketones is 3. The number of phenolic OH excluding ortho intramolecular Hbond substituents is 2. The molecule has 5 rings (SSSR count). The van der Waals surface area contributed by atoms with Crippen LogP contribution in [0.15, 0.2) is 18.2 Å². The molecule has 4 unspecified atom stereocenters. The number of rotatable bonds is 6. The Hall–Kier alpha value is -3.39. The lowest BCUT2D eigenvalue weighted by molar-refractivity contribution is -0.250. The number of aliphatic hydroxyl groups excluding tert-OH is 2. The second-order valence-corrected chi connectivity index (χ2v) is 12.5. The van der Waals surface area contributed by atoms with Crippen molar-refractivity contribution in [2.75, 3.05) is 13.7 Å². The number of aromatic hydroxyl groups is 2. The summed E-state index contributed by atoms with van der Waals surface area (Å²) in [6.07, 6.45) is -4.79. The Bertz CT molecular complexity index is 1500. The minimum Gasteiger partial charge on any atom is -0.507 e. The van der Waals surface area contributed by atoms with Gasteiger partial charge in [0.1, 0.15) is 29.5 Å². The molecule has 2 aromatic carbocycles. The maximum Gasteiger partial charge on any atom is 0.202 e. The quantitative estimate of drug-likeness (QED) is 0.224. The highest BCUT2D eigenvalue weighted by molar-refractivity contribution is 6.31. The van der Waals surface area contributed by atoms with Crippen LogP contribution in [0.3, 0.4) is 0 Å². The average Bonchev–Trinajstić information content (AvgIpc) is 2.94. The maximum absolute atomic E-state index is 13.8. The third-order valence-corrected chi connectivity index (χ3v) is 8.38. The van der Waals surface area contributed by atoms with Crippen LogP contribution in [0.4, 0.5) is 0 Å². The molecule has 1 heterocycles. The van der Waals surface area contributed by atoms with Crippen molar-refractivity contribution in [2.24, 2.45) is 0 Å². The monoisotopic (exact) mass is 599 g/mol. The van der Waals surface area contributed by atoms with Crippen LogP contribution in [0, 0.1) is 0 Å². The number of phenols is 2. The van der Waals surface area contributed by atoms with Crippen LogP contribution in [0.5, 0.6) is 17.2 Å². The lowest BCUT2D eigenvalue weighted by atomic mass is 9.72. The molecule has 1 saturated heterocycles. The second-order valence-electron chi connectivity index (χ2n) is 12.5. The Labute approximate surface area is 248 Å². The van der Waals surface area contributed by atoms with Gasteiger partial charge in [-0.05, 0) is 33.8 Å². The van der Waals surface area contributed by atoms with Gasteiger partial charge in [-0.1, -0.05) is 12.1 Å². The Kier molecular flexibility index (Phi) is 7.91. The molecule has 1 aliphatic heterocycles. The van der Waals surface area contributed by atoms with E-state index < -0.39 is 95.7 Å². The van der Waals surface area contributed by atoms with E-state index in [-0.39, 0.29) is 40.0 Å². The molecule has 0 spiro atoms. The number of hydrogen-bond acceptors (Lipinski definition) is 12. The first-order chi connectivity index (χ1) is 20.1. The highest BCUT2D eigenvalue weighted by Gasteiger charge is 2.50. The number of carbonyl (C=O) groups excluding carboxylic acids is 3. The van der Waals surface area contributed by atoms with E-state index in [1.807, 2.05) is 20.8 Å². The first-order valence-corrected chi connectivity index (χ1v) is 14.1. The topological polar surface area (TPSA) is 192 Å². The van der Waals surface area contributed by atoms with Crippen LogP contribution in [0.25, 0.3) is 0 Å². The van der Waals surface area contributed by atoms with E-state index in [1.54, 1.807) is 6.92 Å². The molecule has 0 aromatic heterocycles. The number of ether oxygens (including phenoxy) is 3. The van der Waals surface area contributed by atoms with Gasteiger partial charge in [-0.2, -0.15) is 0 Å². The van der Waals surface area contributed by atoms with Crippen molar-refractivity contribution >= 4 is 17.3 Å². The molecule has 6 atom stereocenters. The summed E-state index contributed by atoms with van der Waals surface area (Å²) in [5, 5.41) is 58.2. The number of nitrogens with one attached hydrogen (secondary N) is 1. The molecule has 12 heteroatoms. The molecule has 0 bridgehead atoms. The summed E-state index contributed by atoms with van der Waals surface area (Å²) in [4.78, 5) is 40.2. The highest BCUT2D eigenvalue weighted by atomic mass is 16.7. The summed E-state index contributed by atoms with van der Waals surface area (Å²) in [6.45, 7) is 6.45. The Balaban J connectivity index is 1.64. The van der Waals surface area contributed by atoms with Crippen molar-refractivity contribution < 1.29 is 54.1 Å². The fourth-order valence-corrected chi connectivity index (χ4v) is 6.41. The molecule has 12 nitrogen and oxygen atoms in total. The average molecular weight is 600 g/mol. The van der Waals surface area contributed by atoms with E-state index in [9.17, 15) is 39.9 Å². The Morgan fingerprint density at radius 3 is 2.42 bits per heavy atom. The summed E-state index contributed by atoms with van der Waals surface area (Å²) in [5.41, 5.74) is -3.91. The van der Waals surface area contributed by atoms with Gasteiger partial charge in [0.05, 0.1) is 42.1 Å². The number of fused-ring (bicyclic) bond motifs is 3. The van der Waals surface area contributed by atoms with Gasteiger partial charge >= 0.3 is 0 Å². The number of Topliss-reactive ketones (excluding diaryl/α,β-unsaturated/α-hetero) is 1. The standard InChI is InChI=1S/C31H37NO11/c1-13-25(35)16(32-30(2,3)4)9-20(42-13)43-18-11-31(40,19(34)12-33)10-15-22(18)29(39)24-23(27(15)37)26(36)14-7-6-8-17(41-5)21(14)28(24)38/h6-8,13,16,18,20,25,32-33,35,37,39-40H,9-12H2,1-5H3/t13?,16?,18-,20?,25?,31-/m0/s1. The van der Waals surface area contributed by atoms with Gasteiger partial charge in [0.15, 0.2) is 17.9 Å². The van der Waals surface area contributed by atoms with Crippen molar-refractivity contribution in [3.8, 4) is 17.2 Å². The molecule has 2 aliphatic carbocycles. The normalized spacial score (nSPS) is 28.6. The molecule has 0 saturated carbocycles. The number of benzene rings is 2. The summed E-state index contributed by atoms with van der Waals surface area (Å²) >= 11 is 0. The van der Waals surface area contributed by atoms with Crippen molar-refractivity contribution in [3.63, 3.8) is 0 Å². The SMILES string of the molecule is COc1cccc2c1C(=O)c1c(O)c3c(c(O)c1C2=O)C[C@@](O)(C(=O)CO)C[C@@H]3OC1CC(NC(C)(C)C)C(O)C(C)O1. The van der Waals surface area contributed by atoms with Crippen LogP contribution in [-0.2, 0) is 20.7 Å². The van der Waals surface area contributed by atoms with E-state index in [1.165, 1.54) is 25.3 Å². The van der Waals surface area contributed by atoms with E-state index in [0.717, 1.165) is 0 Å². The van der Waals surface area contributed by atoms with E-state index >= 15 is 0 Å². The van der Waals surface area contributed by atoms with Crippen LogP contribution in [0.1, 0.15) is 89.6 Å². The molecule has 232 valence electrons. The molecule has 2 aromatic rings. The number of methoxy groups -OCH3 is 1. The first-order valence-electron chi connectivity index (χ1n) is 14.1. The maximum atomic E-state index is 13.8. The predicted octanol–water partition coefficient (Wildman–Crippen LogP) is 1.43. The van der Waals surface area contributed by atoms with Crippen LogP contribution in [-0.4, -0.2) is 92.3 Å². The summed E-state index contributed by atoms with van der Waals surface area (Å²) < 4.78 is 17.5. The van der Waals surface area contributed by atoms with Crippen LogP contribution >= 0.6 is 0 Å². The number of aliphatic hydroxyl groups is 3. The lowest BCUT2D eigenvalue weighted by Crippen LogP contribution is -2.58. The zero-order chi connectivity index (χ0) is 31.6. The van der Waals surface area contributed by atoms with Crippen molar-refractivity contribution in [3.05, 3.63) is 51.6 Å². The summed E-state index contributed by atoms with van der Waals surface area (Å²) in [5.74, 6) is -3.70. The van der Waals surface area contributed by atoms with Gasteiger partial charge in [0.2, 0.25) is 5.78 Å². The van der Waals surface area contributed by atoms with Crippen LogP contribution < -0.4 is 10.1 Å². The van der Waals surface area contributed by atoms with Gasteiger partial charge in [0, 0.05) is 47.5 Å². The highest BCUT2D eigenvalue weighted by Crippen LogP contribution is 2.52. The van der Waals surface area contributed by atoms with Gasteiger partial charge in [-0.15, -0.1) is 0 Å². The van der Waals surface area contributed by atoms with Gasteiger partial charge < -0.3 is 45.1 Å². The largest absolute Gasteiger partial charge is 0.507 e. The Morgan fingerprint density at radius 1 is 1.12 bits per heavy atom. The fraction of sp³-hybridized carbons (Fsp3) is 0.516. The number of carbonyl (C=O) groups is 3. The predicted molar refractivity (Wildman–Crippen MR) is 150 cm³/mol. The van der Waals surface area contributed by atoms with E-state index in [2.05, 4.69) is 5.32 Å². The van der Waals surface area contributed by atoms with E-state index in [4.69, 9.17) is 14.2 Å². The van der Waals surface area contributed by atoms with Crippen molar-refractivity contribution in [1.29, 1.82) is 0 Å². The zero-order valence-corrected chi connectivity index (χ0v) is 24.6.